The molecule has 0 radical (unpaired) electrons. The minimum Gasteiger partial charge on any atom is -0.367 e. The smallest absolute Gasteiger partial charge is 0.222 e. The molecule has 1 saturated heterocycles. The highest BCUT2D eigenvalue weighted by molar-refractivity contribution is 7.15. The van der Waals surface area contributed by atoms with Crippen LogP contribution >= 0.6 is 11.3 Å². The summed E-state index contributed by atoms with van der Waals surface area (Å²) in [6.45, 7) is 20.7. The normalized spacial score (nSPS) is 13.7. The Kier molecular flexibility index (Phi) is 13.5. The Morgan fingerprint density at radius 3 is 2.31 bits per heavy atom. The van der Waals surface area contributed by atoms with Gasteiger partial charge in [-0.1, -0.05) is 33.8 Å². The Bertz CT molecular complexity index is 989. The molecule has 1 N–H and O–H groups in total. The van der Waals surface area contributed by atoms with Gasteiger partial charge in [-0.05, 0) is 32.7 Å². The quantitative estimate of drug-likeness (QED) is 0.425. The number of carbonyl (C=O) groups excluding carboxylic acids is 1. The van der Waals surface area contributed by atoms with E-state index in [0.717, 1.165) is 53.1 Å². The van der Waals surface area contributed by atoms with E-state index in [1.807, 2.05) is 57.9 Å². The van der Waals surface area contributed by atoms with E-state index in [1.54, 1.807) is 30.7 Å². The largest absolute Gasteiger partial charge is 0.367 e. The molecule has 0 aromatic carbocycles. The van der Waals surface area contributed by atoms with Crippen LogP contribution in [0.2, 0.25) is 0 Å². The lowest BCUT2D eigenvalue weighted by molar-refractivity contribution is -0.130. The van der Waals surface area contributed by atoms with Gasteiger partial charge in [0.2, 0.25) is 11.9 Å². The van der Waals surface area contributed by atoms with Crippen molar-refractivity contribution in [3.63, 3.8) is 0 Å². The van der Waals surface area contributed by atoms with Crippen molar-refractivity contribution >= 4 is 29.9 Å². The van der Waals surface area contributed by atoms with Gasteiger partial charge >= 0.3 is 0 Å². The molecule has 3 rings (SSSR count). The number of nitrogens with zero attached hydrogens (tertiary/aromatic N) is 6. The molecule has 0 bridgehead atoms. The summed E-state index contributed by atoms with van der Waals surface area (Å²) in [7, 11) is 1.82. The standard InChI is InChI=1S/C12H16N4S.C12H19N3O.C2H6/c1-7(2)11-15-8(3)10(17-11)9-5-6-14-12(13-4)16-9;1-4-5-12(10-13-3)15-8-6-14(7-9-15)11(2)16;1-2/h5-7H,1-4H3,(H,13,14,16);4-5,10H,3,6-9H2,1-2H3;1-2H3/b;5-4-,12-10+;. The number of hydrogen-bond donors (Lipinski definition) is 1. The number of aryl methyl sites for hydroxylation is 1. The Morgan fingerprint density at radius 1 is 1.20 bits per heavy atom. The molecule has 2 aromatic heterocycles. The highest BCUT2D eigenvalue weighted by Crippen LogP contribution is 2.32. The predicted octanol–water partition coefficient (Wildman–Crippen LogP) is 5.37. The summed E-state index contributed by atoms with van der Waals surface area (Å²) in [4.78, 5) is 33.3. The van der Waals surface area contributed by atoms with Crippen LogP contribution in [-0.4, -0.2) is 70.6 Å². The van der Waals surface area contributed by atoms with Crippen molar-refractivity contribution in [1.82, 2.24) is 24.8 Å². The minimum absolute atomic E-state index is 0.151. The minimum atomic E-state index is 0.151. The lowest BCUT2D eigenvalue weighted by atomic mass is 10.2. The van der Waals surface area contributed by atoms with Gasteiger partial charge in [0.25, 0.3) is 0 Å². The molecule has 0 atom stereocenters. The van der Waals surface area contributed by atoms with Crippen molar-refractivity contribution in [2.45, 2.75) is 54.4 Å². The first kappa shape index (κ1) is 30.0. The van der Waals surface area contributed by atoms with Crippen LogP contribution in [0.3, 0.4) is 0 Å². The second-order valence-electron chi connectivity index (χ2n) is 7.87. The summed E-state index contributed by atoms with van der Waals surface area (Å²) in [6, 6.07) is 1.92. The number of aliphatic imine (C=N–C) groups is 1. The molecule has 1 amide bonds. The lowest BCUT2D eigenvalue weighted by Gasteiger charge is -2.35. The topological polar surface area (TPSA) is 86.6 Å². The number of nitrogens with one attached hydrogen (secondary N) is 1. The summed E-state index contributed by atoms with van der Waals surface area (Å²) in [5, 5.41) is 4.10. The first-order valence-corrected chi connectivity index (χ1v) is 12.9. The molecule has 2 aromatic rings. The van der Waals surface area contributed by atoms with Gasteiger partial charge < -0.3 is 15.1 Å². The van der Waals surface area contributed by atoms with Crippen LogP contribution in [0.5, 0.6) is 0 Å². The van der Waals surface area contributed by atoms with Crippen molar-refractivity contribution in [2.24, 2.45) is 4.99 Å². The number of aromatic nitrogens is 3. The van der Waals surface area contributed by atoms with E-state index in [1.165, 1.54) is 0 Å². The average Bonchev–Trinajstić information content (AvgIpc) is 3.27. The third kappa shape index (κ3) is 9.24. The highest BCUT2D eigenvalue weighted by Gasteiger charge is 2.19. The summed E-state index contributed by atoms with van der Waals surface area (Å²) in [6.07, 6.45) is 7.51. The summed E-state index contributed by atoms with van der Waals surface area (Å²) < 4.78 is 0. The zero-order valence-corrected chi connectivity index (χ0v) is 23.3. The number of amides is 1. The predicted molar refractivity (Wildman–Crippen MR) is 149 cm³/mol. The van der Waals surface area contributed by atoms with Crippen LogP contribution < -0.4 is 5.32 Å². The highest BCUT2D eigenvalue weighted by atomic mass is 32.1. The first-order chi connectivity index (χ1) is 16.8. The average molecular weight is 500 g/mol. The monoisotopic (exact) mass is 499 g/mol. The van der Waals surface area contributed by atoms with E-state index in [2.05, 4.69) is 50.7 Å². The fourth-order valence-electron chi connectivity index (χ4n) is 3.28. The Morgan fingerprint density at radius 2 is 1.83 bits per heavy atom. The van der Waals surface area contributed by atoms with Gasteiger partial charge in [0, 0.05) is 58.5 Å². The maximum Gasteiger partial charge on any atom is 0.222 e. The Hall–Kier alpha value is -3.07. The van der Waals surface area contributed by atoms with E-state index >= 15 is 0 Å². The summed E-state index contributed by atoms with van der Waals surface area (Å²) in [5.41, 5.74) is 3.03. The molecular formula is C26H41N7OS. The second kappa shape index (κ2) is 15.8. The zero-order valence-electron chi connectivity index (χ0n) is 22.5. The van der Waals surface area contributed by atoms with Crippen molar-refractivity contribution in [3.8, 4) is 10.6 Å². The van der Waals surface area contributed by atoms with E-state index < -0.39 is 0 Å². The van der Waals surface area contributed by atoms with Gasteiger partial charge in [0.1, 0.15) is 0 Å². The number of carbonyl (C=O) groups is 1. The van der Waals surface area contributed by atoms with Crippen molar-refractivity contribution in [2.75, 3.05) is 38.5 Å². The van der Waals surface area contributed by atoms with Gasteiger partial charge in [-0.15, -0.1) is 11.3 Å². The Labute approximate surface area is 214 Å². The molecule has 1 fully saturated rings. The number of hydrogen-bond acceptors (Lipinski definition) is 8. The first-order valence-electron chi connectivity index (χ1n) is 12.1. The fourth-order valence-corrected chi connectivity index (χ4v) is 4.32. The summed E-state index contributed by atoms with van der Waals surface area (Å²) in [5.74, 6) is 1.25. The third-order valence-corrected chi connectivity index (χ3v) is 6.55. The van der Waals surface area contributed by atoms with E-state index in [9.17, 15) is 4.79 Å². The number of piperazine rings is 1. The number of anilines is 1. The molecule has 192 valence electrons. The van der Waals surface area contributed by atoms with Crippen LogP contribution in [0.4, 0.5) is 5.95 Å². The van der Waals surface area contributed by atoms with Gasteiger partial charge in [0.05, 0.1) is 27.0 Å². The summed E-state index contributed by atoms with van der Waals surface area (Å²) >= 11 is 1.71. The van der Waals surface area contributed by atoms with Crippen molar-refractivity contribution in [3.05, 3.63) is 47.0 Å². The zero-order chi connectivity index (χ0) is 26.4. The van der Waals surface area contributed by atoms with Crippen molar-refractivity contribution < 1.29 is 4.79 Å². The molecule has 0 unspecified atom stereocenters. The molecule has 0 saturated carbocycles. The van der Waals surface area contributed by atoms with E-state index in [0.29, 0.717) is 11.9 Å². The molecule has 8 nitrogen and oxygen atoms in total. The van der Waals surface area contributed by atoms with E-state index in [-0.39, 0.29) is 5.91 Å². The van der Waals surface area contributed by atoms with Crippen LogP contribution in [0.15, 0.2) is 41.3 Å². The third-order valence-electron chi connectivity index (χ3n) is 5.07. The van der Waals surface area contributed by atoms with Gasteiger partial charge in [-0.3, -0.25) is 9.79 Å². The molecular weight excluding hydrogens is 458 g/mol. The molecule has 0 spiro atoms. The Balaban J connectivity index is 0.000000328. The van der Waals surface area contributed by atoms with Crippen LogP contribution in [0.1, 0.15) is 58.2 Å². The second-order valence-corrected chi connectivity index (χ2v) is 8.90. The molecule has 1 aliphatic heterocycles. The molecule has 3 heterocycles. The maximum absolute atomic E-state index is 11.2. The van der Waals surface area contributed by atoms with Gasteiger partial charge in [-0.2, -0.15) is 0 Å². The number of thiazole rings is 1. The molecule has 9 heteroatoms. The maximum atomic E-state index is 11.2. The van der Waals surface area contributed by atoms with Crippen molar-refractivity contribution in [1.29, 1.82) is 0 Å². The fraction of sp³-hybridized carbons (Fsp3) is 0.500. The molecule has 35 heavy (non-hydrogen) atoms. The van der Waals surface area contributed by atoms with Crippen LogP contribution in [0, 0.1) is 6.92 Å². The molecule has 0 aliphatic carbocycles. The lowest BCUT2D eigenvalue weighted by Crippen LogP contribution is -2.47. The molecule has 1 aliphatic rings. The SMILES string of the molecule is C=N/C=C(\C=C/C)N1CCN(C(C)=O)CC1.CC.CNc1nccc(-c2sc(C(C)C)nc2C)n1. The van der Waals surface area contributed by atoms with Crippen LogP contribution in [0.25, 0.3) is 10.6 Å². The van der Waals surface area contributed by atoms with Gasteiger partial charge in [-0.25, -0.2) is 15.0 Å². The number of allylic oxidation sites excluding steroid dienone is 2. The van der Waals surface area contributed by atoms with Gasteiger partial charge in [0.15, 0.2) is 0 Å². The number of rotatable bonds is 6. The van der Waals surface area contributed by atoms with Crippen LogP contribution in [-0.2, 0) is 4.79 Å². The van der Waals surface area contributed by atoms with E-state index in [4.69, 9.17) is 0 Å².